The number of likely N-dealkylation sites (tertiary alicyclic amines) is 1. The second-order valence-electron chi connectivity index (χ2n) is 6.44. The molecule has 1 fully saturated rings. The van der Waals surface area contributed by atoms with Crippen molar-refractivity contribution in [3.05, 3.63) is 18.0 Å². The number of aromatic nitrogens is 2. The molecule has 1 aromatic rings. The van der Waals surface area contributed by atoms with Gasteiger partial charge in [0.25, 0.3) is 10.2 Å². The average molecular weight is 372 g/mol. The Bertz CT molecular complexity index is 637. The van der Waals surface area contributed by atoms with E-state index >= 15 is 0 Å². The smallest absolute Gasteiger partial charge is 0.279 e. The molecular formula is C15H28N6O3S. The first kappa shape index (κ1) is 20.0. The van der Waals surface area contributed by atoms with E-state index < -0.39 is 22.4 Å². The molecule has 2 atom stereocenters. The summed E-state index contributed by atoms with van der Waals surface area (Å²) in [4.78, 5) is 10.6. The fraction of sp³-hybridized carbons (Fsp3) is 0.733. The van der Waals surface area contributed by atoms with E-state index in [-0.39, 0.29) is 0 Å². The van der Waals surface area contributed by atoms with Gasteiger partial charge in [0.2, 0.25) is 5.95 Å². The Kier molecular flexibility index (Phi) is 7.08. The van der Waals surface area contributed by atoms with Crippen LogP contribution < -0.4 is 10.0 Å². The summed E-state index contributed by atoms with van der Waals surface area (Å²) in [6.45, 7) is 4.62. The quantitative estimate of drug-likeness (QED) is 0.571. The summed E-state index contributed by atoms with van der Waals surface area (Å²) in [6.07, 6.45) is 4.35. The van der Waals surface area contributed by atoms with Crippen LogP contribution in [0.1, 0.15) is 25.3 Å². The average Bonchev–Trinajstić information content (AvgIpc) is 2.56. The van der Waals surface area contributed by atoms with Gasteiger partial charge in [0.15, 0.2) is 0 Å². The van der Waals surface area contributed by atoms with E-state index in [1.165, 1.54) is 14.1 Å². The third-order valence-electron chi connectivity index (χ3n) is 4.09. The van der Waals surface area contributed by atoms with Crippen LogP contribution in [0.3, 0.4) is 0 Å². The van der Waals surface area contributed by atoms with Gasteiger partial charge in [0, 0.05) is 58.2 Å². The highest BCUT2D eigenvalue weighted by atomic mass is 32.2. The van der Waals surface area contributed by atoms with Gasteiger partial charge >= 0.3 is 0 Å². The van der Waals surface area contributed by atoms with Gasteiger partial charge in [-0.2, -0.15) is 17.4 Å². The lowest BCUT2D eigenvalue weighted by molar-refractivity contribution is 0.0441. The van der Waals surface area contributed by atoms with Crippen molar-refractivity contribution < 1.29 is 13.5 Å². The van der Waals surface area contributed by atoms with E-state index in [2.05, 4.69) is 31.8 Å². The van der Waals surface area contributed by atoms with Crippen LogP contribution in [0.2, 0.25) is 0 Å². The largest absolute Gasteiger partial charge is 0.390 e. The number of hydrogen-bond acceptors (Lipinski definition) is 7. The maximum absolute atomic E-state index is 11.9. The van der Waals surface area contributed by atoms with Crippen molar-refractivity contribution in [3.63, 3.8) is 0 Å². The molecule has 142 valence electrons. The molecular weight excluding hydrogens is 344 g/mol. The van der Waals surface area contributed by atoms with Gasteiger partial charge < -0.3 is 10.4 Å². The van der Waals surface area contributed by atoms with Crippen LogP contribution in [-0.4, -0.2) is 78.6 Å². The number of rotatable bonds is 8. The highest BCUT2D eigenvalue weighted by Gasteiger charge is 2.31. The van der Waals surface area contributed by atoms with Gasteiger partial charge in [0.1, 0.15) is 0 Å². The first-order valence-corrected chi connectivity index (χ1v) is 9.91. The molecule has 0 bridgehead atoms. The van der Waals surface area contributed by atoms with Crippen LogP contribution in [0, 0.1) is 0 Å². The van der Waals surface area contributed by atoms with Crippen LogP contribution in [-0.2, 0) is 16.8 Å². The number of piperidine rings is 1. The number of aliphatic hydroxyl groups excluding tert-OH is 1. The molecule has 0 aliphatic carbocycles. The van der Waals surface area contributed by atoms with Crippen molar-refractivity contribution in [2.45, 2.75) is 38.5 Å². The van der Waals surface area contributed by atoms with Crippen LogP contribution in [0.25, 0.3) is 0 Å². The Morgan fingerprint density at radius 3 is 2.60 bits per heavy atom. The highest BCUT2D eigenvalue weighted by molar-refractivity contribution is 7.87. The predicted molar refractivity (Wildman–Crippen MR) is 96.2 cm³/mol. The van der Waals surface area contributed by atoms with Crippen molar-refractivity contribution >= 4 is 16.2 Å². The van der Waals surface area contributed by atoms with E-state index in [1.54, 1.807) is 12.4 Å². The molecule has 2 heterocycles. The topological polar surface area (TPSA) is 111 Å². The molecule has 25 heavy (non-hydrogen) atoms. The number of β-amino-alcohol motifs (C(OH)–C–C–N with tert-alkyl or cyclic N) is 1. The van der Waals surface area contributed by atoms with Crippen LogP contribution in [0.5, 0.6) is 0 Å². The molecule has 3 N–H and O–H groups in total. The zero-order valence-corrected chi connectivity index (χ0v) is 15.8. The second-order valence-corrected chi connectivity index (χ2v) is 8.36. The van der Waals surface area contributed by atoms with Gasteiger partial charge in [0.05, 0.1) is 12.1 Å². The van der Waals surface area contributed by atoms with E-state index in [0.29, 0.717) is 32.0 Å². The zero-order valence-electron chi connectivity index (χ0n) is 15.0. The molecule has 1 aromatic heterocycles. The number of nitrogens with one attached hydrogen (secondary N) is 2. The van der Waals surface area contributed by atoms with Gasteiger partial charge in [-0.25, -0.2) is 9.97 Å². The summed E-state index contributed by atoms with van der Waals surface area (Å²) in [6, 6.07) is -0.472. The lowest BCUT2D eigenvalue weighted by Crippen LogP contribution is -2.55. The lowest BCUT2D eigenvalue weighted by Gasteiger charge is -2.36. The minimum atomic E-state index is -3.54. The summed E-state index contributed by atoms with van der Waals surface area (Å²) < 4.78 is 27.4. The summed E-state index contributed by atoms with van der Waals surface area (Å²) >= 11 is 0. The van der Waals surface area contributed by atoms with Crippen molar-refractivity contribution in [1.29, 1.82) is 0 Å². The Labute approximate surface area is 149 Å². The molecule has 0 radical (unpaired) electrons. The molecule has 1 aliphatic rings. The van der Waals surface area contributed by atoms with Crippen molar-refractivity contribution in [3.8, 4) is 0 Å². The second kappa shape index (κ2) is 8.86. The Morgan fingerprint density at radius 1 is 1.36 bits per heavy atom. The third-order valence-corrected chi connectivity index (χ3v) is 5.65. The first-order chi connectivity index (χ1) is 11.8. The third kappa shape index (κ3) is 5.86. The first-order valence-electron chi connectivity index (χ1n) is 8.47. The minimum Gasteiger partial charge on any atom is -0.390 e. The zero-order chi connectivity index (χ0) is 18.4. The summed E-state index contributed by atoms with van der Waals surface area (Å²) in [7, 11) is -0.619. The Balaban J connectivity index is 1.86. The Hall–Kier alpha value is -1.33. The van der Waals surface area contributed by atoms with E-state index in [1.807, 2.05) is 0 Å². The van der Waals surface area contributed by atoms with E-state index in [4.69, 9.17) is 0 Å². The SMILES string of the molecule is CCCNc1ncc(CN2CC[C@@H](NS(=O)(=O)N(C)C)[C@H](O)C2)cn1. The molecule has 1 aliphatic heterocycles. The standard InChI is InChI=1S/C15H28N6O3S/c1-4-6-16-15-17-8-12(9-18-15)10-21-7-5-13(14(22)11-21)19-25(23,24)20(2)3/h8-9,13-14,19,22H,4-7,10-11H2,1-3H3,(H,16,17,18)/t13-,14-/m1/s1. The van der Waals surface area contributed by atoms with Gasteiger partial charge in [-0.3, -0.25) is 4.90 Å². The maximum Gasteiger partial charge on any atom is 0.279 e. The molecule has 0 aromatic carbocycles. The summed E-state index contributed by atoms with van der Waals surface area (Å²) in [5.41, 5.74) is 0.960. The van der Waals surface area contributed by atoms with E-state index in [0.717, 1.165) is 22.8 Å². The van der Waals surface area contributed by atoms with Crippen LogP contribution in [0.15, 0.2) is 12.4 Å². The molecule has 0 saturated carbocycles. The summed E-state index contributed by atoms with van der Waals surface area (Å²) in [5.74, 6) is 0.613. The molecule has 0 spiro atoms. The maximum atomic E-state index is 11.9. The molecule has 0 amide bonds. The number of hydrogen-bond donors (Lipinski definition) is 3. The number of anilines is 1. The van der Waals surface area contributed by atoms with E-state index in [9.17, 15) is 13.5 Å². The molecule has 9 nitrogen and oxygen atoms in total. The number of aliphatic hydroxyl groups is 1. The Morgan fingerprint density at radius 2 is 2.04 bits per heavy atom. The fourth-order valence-electron chi connectivity index (χ4n) is 2.60. The number of nitrogens with zero attached hydrogens (tertiary/aromatic N) is 4. The van der Waals surface area contributed by atoms with Gasteiger partial charge in [-0.05, 0) is 12.8 Å². The fourth-order valence-corrected chi connectivity index (χ4v) is 3.47. The molecule has 10 heteroatoms. The van der Waals surface area contributed by atoms with Crippen molar-refractivity contribution in [2.24, 2.45) is 0 Å². The van der Waals surface area contributed by atoms with Crippen LogP contribution >= 0.6 is 0 Å². The highest BCUT2D eigenvalue weighted by Crippen LogP contribution is 2.15. The molecule has 1 saturated heterocycles. The molecule has 0 unspecified atom stereocenters. The minimum absolute atomic E-state index is 0.399. The normalized spacial score (nSPS) is 22.3. The van der Waals surface area contributed by atoms with Crippen LogP contribution in [0.4, 0.5) is 5.95 Å². The molecule has 2 rings (SSSR count). The monoisotopic (exact) mass is 372 g/mol. The summed E-state index contributed by atoms with van der Waals surface area (Å²) in [5, 5.41) is 13.4. The van der Waals surface area contributed by atoms with Gasteiger partial charge in [-0.1, -0.05) is 6.92 Å². The predicted octanol–water partition coefficient (Wildman–Crippen LogP) is -0.370. The lowest BCUT2D eigenvalue weighted by atomic mass is 10.0. The van der Waals surface area contributed by atoms with Gasteiger partial charge in [-0.15, -0.1) is 0 Å². The van der Waals surface area contributed by atoms with Crippen molar-refractivity contribution in [2.75, 3.05) is 39.0 Å². The van der Waals surface area contributed by atoms with Crippen molar-refractivity contribution in [1.82, 2.24) is 23.9 Å².